The molecule has 5 nitrogen and oxygen atoms in total. The minimum atomic E-state index is 0. The molecule has 0 bridgehead atoms. The third-order valence-electron chi connectivity index (χ3n) is 4.66. The smallest absolute Gasteiger partial charge is 0.194 e. The Morgan fingerprint density at radius 3 is 2.52 bits per heavy atom. The Hall–Kier alpha value is -2.27. The number of halogens is 1. The fourth-order valence-corrected chi connectivity index (χ4v) is 3.27. The van der Waals surface area contributed by atoms with Gasteiger partial charge in [0.05, 0.1) is 11.6 Å². The maximum absolute atomic E-state index is 9.02. The van der Waals surface area contributed by atoms with Gasteiger partial charge in [-0.05, 0) is 42.3 Å². The molecular weight excluding hydrogens is 449 g/mol. The third kappa shape index (κ3) is 5.60. The summed E-state index contributed by atoms with van der Waals surface area (Å²) in [6.07, 6.45) is 0. The number of nitrogens with zero attached hydrogens (tertiary/aromatic N) is 4. The highest BCUT2D eigenvalue weighted by molar-refractivity contribution is 14.0. The summed E-state index contributed by atoms with van der Waals surface area (Å²) < 4.78 is 0. The highest BCUT2D eigenvalue weighted by Crippen LogP contribution is 2.17. The molecule has 27 heavy (non-hydrogen) atoms. The number of benzene rings is 2. The molecule has 1 aliphatic rings. The van der Waals surface area contributed by atoms with E-state index in [1.807, 2.05) is 31.3 Å². The van der Waals surface area contributed by atoms with Crippen molar-refractivity contribution in [3.05, 3.63) is 65.2 Å². The number of anilines is 1. The number of hydrogen-bond donors (Lipinski definition) is 1. The van der Waals surface area contributed by atoms with E-state index >= 15 is 0 Å². The Morgan fingerprint density at radius 1 is 1.11 bits per heavy atom. The van der Waals surface area contributed by atoms with Crippen molar-refractivity contribution in [2.45, 2.75) is 13.5 Å². The number of nitrogens with one attached hydrogen (secondary N) is 1. The lowest BCUT2D eigenvalue weighted by molar-refractivity contribution is 0.372. The van der Waals surface area contributed by atoms with E-state index in [1.165, 1.54) is 11.3 Å². The number of hydrogen-bond acceptors (Lipinski definition) is 3. The lowest BCUT2D eigenvalue weighted by atomic mass is 10.1. The van der Waals surface area contributed by atoms with Gasteiger partial charge in [0, 0.05) is 45.5 Å². The zero-order valence-electron chi connectivity index (χ0n) is 15.9. The molecule has 0 radical (unpaired) electrons. The average molecular weight is 475 g/mol. The number of rotatable bonds is 3. The Bertz CT molecular complexity index is 819. The molecule has 6 heteroatoms. The summed E-state index contributed by atoms with van der Waals surface area (Å²) in [6.45, 7) is 6.63. The maximum Gasteiger partial charge on any atom is 0.194 e. The quantitative estimate of drug-likeness (QED) is 0.420. The first-order chi connectivity index (χ1) is 12.7. The van der Waals surface area contributed by atoms with E-state index in [0.29, 0.717) is 12.1 Å². The van der Waals surface area contributed by atoms with Crippen molar-refractivity contribution in [1.82, 2.24) is 10.2 Å². The number of nitriles is 1. The molecule has 1 fully saturated rings. The van der Waals surface area contributed by atoms with Gasteiger partial charge in [0.2, 0.25) is 0 Å². The molecule has 0 aromatic heterocycles. The van der Waals surface area contributed by atoms with Crippen LogP contribution in [0.1, 0.15) is 16.7 Å². The average Bonchev–Trinajstić information content (AvgIpc) is 2.69. The minimum Gasteiger partial charge on any atom is -0.368 e. The first-order valence-electron chi connectivity index (χ1n) is 8.96. The standard InChI is InChI=1S/C21H25N5.HI/c1-17-5-3-8-20(13-17)25-9-11-26(12-10-25)21(23-2)24-16-19-7-4-6-18(14-19)15-22;/h3-8,13-14H,9-12,16H2,1-2H3,(H,23,24);1H. The second-order valence-corrected chi connectivity index (χ2v) is 6.53. The van der Waals surface area contributed by atoms with Crippen molar-refractivity contribution in [2.24, 2.45) is 4.99 Å². The van der Waals surface area contributed by atoms with Crippen LogP contribution in [0.25, 0.3) is 0 Å². The summed E-state index contributed by atoms with van der Waals surface area (Å²) in [7, 11) is 1.82. The van der Waals surface area contributed by atoms with E-state index in [1.54, 1.807) is 0 Å². The molecule has 1 N–H and O–H groups in total. The van der Waals surface area contributed by atoms with Gasteiger partial charge in [0.25, 0.3) is 0 Å². The Balaban J connectivity index is 0.00000261. The van der Waals surface area contributed by atoms with Crippen molar-refractivity contribution in [3.8, 4) is 6.07 Å². The molecule has 0 atom stereocenters. The Morgan fingerprint density at radius 2 is 1.85 bits per heavy atom. The SMILES string of the molecule is CN=C(NCc1cccc(C#N)c1)N1CCN(c2cccc(C)c2)CC1.I. The van der Waals surface area contributed by atoms with E-state index in [4.69, 9.17) is 5.26 Å². The Kier molecular flexibility index (Phi) is 7.92. The molecule has 0 spiro atoms. The number of aryl methyl sites for hydroxylation is 1. The lowest BCUT2D eigenvalue weighted by Gasteiger charge is -2.37. The van der Waals surface area contributed by atoms with E-state index in [0.717, 1.165) is 37.7 Å². The van der Waals surface area contributed by atoms with Crippen LogP contribution < -0.4 is 10.2 Å². The van der Waals surface area contributed by atoms with Crippen LogP contribution in [0.2, 0.25) is 0 Å². The number of piperazine rings is 1. The van der Waals surface area contributed by atoms with Crippen LogP contribution in [0.5, 0.6) is 0 Å². The van der Waals surface area contributed by atoms with Gasteiger partial charge in [0.15, 0.2) is 5.96 Å². The fourth-order valence-electron chi connectivity index (χ4n) is 3.27. The second kappa shape index (κ2) is 10.2. The van der Waals surface area contributed by atoms with Crippen molar-refractivity contribution in [1.29, 1.82) is 5.26 Å². The predicted octanol–water partition coefficient (Wildman–Crippen LogP) is 3.38. The summed E-state index contributed by atoms with van der Waals surface area (Å²) in [4.78, 5) is 9.15. The molecular formula is C21H26IN5. The van der Waals surface area contributed by atoms with Gasteiger partial charge in [0.1, 0.15) is 0 Å². The zero-order chi connectivity index (χ0) is 18.4. The van der Waals surface area contributed by atoms with Crippen LogP contribution in [0, 0.1) is 18.3 Å². The van der Waals surface area contributed by atoms with E-state index in [2.05, 4.69) is 57.4 Å². The van der Waals surface area contributed by atoms with Gasteiger partial charge in [-0.3, -0.25) is 4.99 Å². The normalized spacial score (nSPS) is 14.3. The van der Waals surface area contributed by atoms with Crippen LogP contribution >= 0.6 is 24.0 Å². The molecule has 1 heterocycles. The van der Waals surface area contributed by atoms with E-state index in [-0.39, 0.29) is 24.0 Å². The largest absolute Gasteiger partial charge is 0.368 e. The molecule has 1 aliphatic heterocycles. The third-order valence-corrected chi connectivity index (χ3v) is 4.66. The fraction of sp³-hybridized carbons (Fsp3) is 0.333. The van der Waals surface area contributed by atoms with E-state index < -0.39 is 0 Å². The first-order valence-corrected chi connectivity index (χ1v) is 8.96. The monoisotopic (exact) mass is 475 g/mol. The van der Waals surface area contributed by atoms with Crippen LogP contribution in [0.4, 0.5) is 5.69 Å². The minimum absolute atomic E-state index is 0. The molecule has 1 saturated heterocycles. The number of aliphatic imine (C=N–C) groups is 1. The lowest BCUT2D eigenvalue weighted by Crippen LogP contribution is -2.52. The molecule has 3 rings (SSSR count). The topological polar surface area (TPSA) is 54.7 Å². The zero-order valence-corrected chi connectivity index (χ0v) is 18.2. The van der Waals surface area contributed by atoms with E-state index in [9.17, 15) is 0 Å². The summed E-state index contributed by atoms with van der Waals surface area (Å²) in [5, 5.41) is 12.4. The molecule has 0 saturated carbocycles. The summed E-state index contributed by atoms with van der Waals surface area (Å²) in [6, 6.07) is 18.5. The predicted molar refractivity (Wildman–Crippen MR) is 122 cm³/mol. The number of guanidine groups is 1. The molecule has 0 amide bonds. The molecule has 142 valence electrons. The van der Waals surface area contributed by atoms with Crippen LogP contribution in [-0.4, -0.2) is 44.1 Å². The maximum atomic E-state index is 9.02. The van der Waals surface area contributed by atoms with Gasteiger partial charge >= 0.3 is 0 Å². The van der Waals surface area contributed by atoms with Crippen molar-refractivity contribution >= 4 is 35.6 Å². The Labute approximate surface area is 178 Å². The highest BCUT2D eigenvalue weighted by atomic mass is 127. The summed E-state index contributed by atoms with van der Waals surface area (Å²) in [5.41, 5.74) is 4.36. The molecule has 0 aliphatic carbocycles. The van der Waals surface area contributed by atoms with Crippen molar-refractivity contribution < 1.29 is 0 Å². The summed E-state index contributed by atoms with van der Waals surface area (Å²) >= 11 is 0. The van der Waals surface area contributed by atoms with Gasteiger partial charge in [-0.1, -0.05) is 24.3 Å². The second-order valence-electron chi connectivity index (χ2n) is 6.53. The van der Waals surface area contributed by atoms with Crippen LogP contribution in [0.15, 0.2) is 53.5 Å². The van der Waals surface area contributed by atoms with Gasteiger partial charge in [-0.15, -0.1) is 24.0 Å². The van der Waals surface area contributed by atoms with Gasteiger partial charge in [-0.2, -0.15) is 5.26 Å². The van der Waals surface area contributed by atoms with Gasteiger partial charge < -0.3 is 15.1 Å². The molecule has 0 unspecified atom stereocenters. The summed E-state index contributed by atoms with van der Waals surface area (Å²) in [5.74, 6) is 0.913. The molecule has 2 aromatic carbocycles. The van der Waals surface area contributed by atoms with Crippen LogP contribution in [-0.2, 0) is 6.54 Å². The molecule has 2 aromatic rings. The van der Waals surface area contributed by atoms with Crippen molar-refractivity contribution in [2.75, 3.05) is 38.1 Å². The van der Waals surface area contributed by atoms with Crippen LogP contribution in [0.3, 0.4) is 0 Å². The van der Waals surface area contributed by atoms with Crippen molar-refractivity contribution in [3.63, 3.8) is 0 Å². The van der Waals surface area contributed by atoms with Gasteiger partial charge in [-0.25, -0.2) is 0 Å². The highest BCUT2D eigenvalue weighted by Gasteiger charge is 2.19. The first kappa shape index (κ1) is 21.0.